The van der Waals surface area contributed by atoms with E-state index in [1.54, 1.807) is 6.20 Å². The van der Waals surface area contributed by atoms with Gasteiger partial charge in [-0.05, 0) is 52.2 Å². The quantitative estimate of drug-likeness (QED) is 0.747. The molecule has 0 amide bonds. The Morgan fingerprint density at radius 3 is 2.85 bits per heavy atom. The highest BCUT2D eigenvalue weighted by molar-refractivity contribution is 6.32. The van der Waals surface area contributed by atoms with Gasteiger partial charge < -0.3 is 10.2 Å². The maximum absolute atomic E-state index is 12.3. The van der Waals surface area contributed by atoms with E-state index in [0.717, 1.165) is 25.9 Å². The SMILES string of the molecule is CN(C)CCCCNc1c(Cl)cnn(CC2CC2)c1=O. The molecule has 0 saturated heterocycles. The van der Waals surface area contributed by atoms with Crippen LogP contribution in [0.15, 0.2) is 11.0 Å². The number of hydrogen-bond acceptors (Lipinski definition) is 4. The van der Waals surface area contributed by atoms with Crippen LogP contribution in [0.1, 0.15) is 25.7 Å². The lowest BCUT2D eigenvalue weighted by atomic mass is 10.3. The van der Waals surface area contributed by atoms with Gasteiger partial charge in [0, 0.05) is 13.1 Å². The summed E-state index contributed by atoms with van der Waals surface area (Å²) in [5.74, 6) is 0.620. The van der Waals surface area contributed by atoms with Crippen LogP contribution in [-0.2, 0) is 6.54 Å². The third-order valence-corrected chi connectivity index (χ3v) is 3.75. The molecule has 1 aliphatic carbocycles. The first kappa shape index (κ1) is 15.3. The Balaban J connectivity index is 1.90. The first-order valence-corrected chi connectivity index (χ1v) is 7.60. The van der Waals surface area contributed by atoms with Crippen LogP contribution in [0.25, 0.3) is 0 Å². The molecule has 0 atom stereocenters. The van der Waals surface area contributed by atoms with Gasteiger partial charge in [0.25, 0.3) is 5.56 Å². The predicted molar refractivity (Wildman–Crippen MR) is 82.5 cm³/mol. The summed E-state index contributed by atoms with van der Waals surface area (Å²) in [6.45, 7) is 2.53. The topological polar surface area (TPSA) is 50.2 Å². The molecular formula is C14H23ClN4O. The fourth-order valence-corrected chi connectivity index (χ4v) is 2.26. The molecule has 1 N–H and O–H groups in total. The van der Waals surface area contributed by atoms with E-state index < -0.39 is 0 Å². The fourth-order valence-electron chi connectivity index (χ4n) is 2.07. The van der Waals surface area contributed by atoms with E-state index in [-0.39, 0.29) is 5.56 Å². The third kappa shape index (κ3) is 4.49. The van der Waals surface area contributed by atoms with Crippen LogP contribution in [0.4, 0.5) is 5.69 Å². The molecule has 0 spiro atoms. The van der Waals surface area contributed by atoms with Crippen molar-refractivity contribution in [2.75, 3.05) is 32.5 Å². The summed E-state index contributed by atoms with van der Waals surface area (Å²) in [7, 11) is 4.12. The maximum Gasteiger partial charge on any atom is 0.291 e. The summed E-state index contributed by atoms with van der Waals surface area (Å²) in [6, 6.07) is 0. The van der Waals surface area contributed by atoms with Gasteiger partial charge in [-0.2, -0.15) is 5.10 Å². The van der Waals surface area contributed by atoms with Gasteiger partial charge >= 0.3 is 0 Å². The Morgan fingerprint density at radius 2 is 2.20 bits per heavy atom. The highest BCUT2D eigenvalue weighted by Gasteiger charge is 2.23. The molecule has 1 fully saturated rings. The Kier molecular flexibility index (Phi) is 5.43. The highest BCUT2D eigenvalue weighted by atomic mass is 35.5. The van der Waals surface area contributed by atoms with Gasteiger partial charge in [-0.25, -0.2) is 4.68 Å². The average Bonchev–Trinajstić information content (AvgIpc) is 3.20. The van der Waals surface area contributed by atoms with E-state index in [2.05, 4.69) is 29.4 Å². The molecule has 1 aliphatic rings. The van der Waals surface area contributed by atoms with E-state index in [1.807, 2.05) is 0 Å². The lowest BCUT2D eigenvalue weighted by Crippen LogP contribution is -2.27. The number of rotatable bonds is 8. The fraction of sp³-hybridized carbons (Fsp3) is 0.714. The van der Waals surface area contributed by atoms with Crippen molar-refractivity contribution in [2.24, 2.45) is 5.92 Å². The summed E-state index contributed by atoms with van der Waals surface area (Å²) in [5.41, 5.74) is 0.393. The summed E-state index contributed by atoms with van der Waals surface area (Å²) < 4.78 is 1.53. The number of aromatic nitrogens is 2. The molecule has 0 radical (unpaired) electrons. The number of halogens is 1. The first-order valence-electron chi connectivity index (χ1n) is 7.22. The molecule has 20 heavy (non-hydrogen) atoms. The van der Waals surface area contributed by atoms with Crippen LogP contribution < -0.4 is 10.9 Å². The van der Waals surface area contributed by atoms with Crippen molar-refractivity contribution < 1.29 is 0 Å². The standard InChI is InChI=1S/C14H23ClN4O/c1-18(2)8-4-3-7-16-13-12(15)9-17-19(14(13)20)10-11-5-6-11/h9,11,16H,3-8,10H2,1-2H3. The van der Waals surface area contributed by atoms with Crippen LogP contribution in [0.3, 0.4) is 0 Å². The Hall–Kier alpha value is -1.07. The molecule has 6 heteroatoms. The van der Waals surface area contributed by atoms with Crippen molar-refractivity contribution in [3.63, 3.8) is 0 Å². The molecule has 0 aliphatic heterocycles. The maximum atomic E-state index is 12.3. The lowest BCUT2D eigenvalue weighted by molar-refractivity contribution is 0.396. The molecule has 0 aromatic carbocycles. The minimum atomic E-state index is -0.1000. The van der Waals surface area contributed by atoms with Crippen LogP contribution in [0, 0.1) is 5.92 Å². The molecule has 0 unspecified atom stereocenters. The van der Waals surface area contributed by atoms with Crippen molar-refractivity contribution in [3.05, 3.63) is 21.6 Å². The number of unbranched alkanes of at least 4 members (excludes halogenated alkanes) is 1. The zero-order valence-electron chi connectivity index (χ0n) is 12.2. The lowest BCUT2D eigenvalue weighted by Gasteiger charge is -2.12. The first-order chi connectivity index (χ1) is 9.58. The summed E-state index contributed by atoms with van der Waals surface area (Å²) in [6.07, 6.45) is 6.07. The zero-order valence-corrected chi connectivity index (χ0v) is 13.0. The van der Waals surface area contributed by atoms with Gasteiger partial charge in [-0.15, -0.1) is 0 Å². The molecular weight excluding hydrogens is 276 g/mol. The second-order valence-corrected chi connectivity index (χ2v) is 6.14. The Bertz CT molecular complexity index is 496. The van der Waals surface area contributed by atoms with Crippen LogP contribution in [-0.4, -0.2) is 41.9 Å². The molecule has 5 nitrogen and oxygen atoms in total. The molecule has 1 saturated carbocycles. The minimum absolute atomic E-state index is 0.1000. The smallest absolute Gasteiger partial charge is 0.291 e. The largest absolute Gasteiger partial charge is 0.379 e. The molecule has 1 aromatic heterocycles. The summed E-state index contributed by atoms with van der Waals surface area (Å²) in [5, 5.41) is 7.69. The normalized spacial score (nSPS) is 14.8. The van der Waals surface area contributed by atoms with E-state index >= 15 is 0 Å². The summed E-state index contributed by atoms with van der Waals surface area (Å²) in [4.78, 5) is 14.4. The number of anilines is 1. The van der Waals surface area contributed by atoms with E-state index in [0.29, 0.717) is 23.2 Å². The van der Waals surface area contributed by atoms with Crippen molar-refractivity contribution in [1.29, 1.82) is 0 Å². The van der Waals surface area contributed by atoms with Gasteiger partial charge in [0.05, 0.1) is 11.2 Å². The molecule has 1 aromatic rings. The van der Waals surface area contributed by atoms with Crippen molar-refractivity contribution in [2.45, 2.75) is 32.2 Å². The molecule has 112 valence electrons. The van der Waals surface area contributed by atoms with Gasteiger partial charge in [0.15, 0.2) is 0 Å². The molecule has 2 rings (SSSR count). The average molecular weight is 299 g/mol. The highest BCUT2D eigenvalue weighted by Crippen LogP contribution is 2.30. The van der Waals surface area contributed by atoms with Crippen molar-refractivity contribution in [3.8, 4) is 0 Å². The third-order valence-electron chi connectivity index (χ3n) is 3.46. The zero-order chi connectivity index (χ0) is 14.5. The van der Waals surface area contributed by atoms with Crippen LogP contribution >= 0.6 is 11.6 Å². The van der Waals surface area contributed by atoms with E-state index in [9.17, 15) is 4.79 Å². The van der Waals surface area contributed by atoms with Crippen LogP contribution in [0.2, 0.25) is 5.02 Å². The van der Waals surface area contributed by atoms with E-state index in [4.69, 9.17) is 11.6 Å². The second-order valence-electron chi connectivity index (χ2n) is 5.74. The Morgan fingerprint density at radius 1 is 1.45 bits per heavy atom. The summed E-state index contributed by atoms with van der Waals surface area (Å²) >= 11 is 6.07. The number of nitrogens with one attached hydrogen (secondary N) is 1. The minimum Gasteiger partial charge on any atom is -0.379 e. The van der Waals surface area contributed by atoms with E-state index in [1.165, 1.54) is 17.5 Å². The van der Waals surface area contributed by atoms with Gasteiger partial charge in [-0.1, -0.05) is 11.6 Å². The number of hydrogen-bond donors (Lipinski definition) is 1. The Labute approximate surface area is 124 Å². The molecule has 1 heterocycles. The van der Waals surface area contributed by atoms with Gasteiger partial charge in [0.1, 0.15) is 5.69 Å². The van der Waals surface area contributed by atoms with Gasteiger partial charge in [-0.3, -0.25) is 4.79 Å². The van der Waals surface area contributed by atoms with Gasteiger partial charge in [0.2, 0.25) is 0 Å². The second kappa shape index (κ2) is 7.09. The molecule has 0 bridgehead atoms. The van der Waals surface area contributed by atoms with Crippen molar-refractivity contribution >= 4 is 17.3 Å². The van der Waals surface area contributed by atoms with Crippen LogP contribution in [0.5, 0.6) is 0 Å². The predicted octanol–water partition coefficient (Wildman–Crippen LogP) is 2.06. The monoisotopic (exact) mass is 298 g/mol. The number of nitrogens with zero attached hydrogens (tertiary/aromatic N) is 3. The van der Waals surface area contributed by atoms with Crippen molar-refractivity contribution in [1.82, 2.24) is 14.7 Å².